The molecule has 0 saturated carbocycles. The van der Waals surface area contributed by atoms with Gasteiger partial charge in [0.2, 0.25) is 0 Å². The molecule has 2 amide bonds. The first-order valence-electron chi connectivity index (χ1n) is 8.14. The third kappa shape index (κ3) is 4.03. The molecule has 0 unspecified atom stereocenters. The smallest absolute Gasteiger partial charge is 0.263 e. The maximum atomic E-state index is 11.7. The number of hydrogen-bond donors (Lipinski definition) is 3. The van der Waals surface area contributed by atoms with Gasteiger partial charge in [-0.3, -0.25) is 14.6 Å². The molecule has 1 aromatic carbocycles. The number of aliphatic imine (C=N–C) groups is 1. The summed E-state index contributed by atoms with van der Waals surface area (Å²) in [5.41, 5.74) is 12.3. The number of carbonyl (C=O) groups is 2. The topological polar surface area (TPSA) is 149 Å². The number of anilines is 2. The van der Waals surface area contributed by atoms with E-state index in [2.05, 4.69) is 25.3 Å². The number of primary amides is 2. The molecule has 3 aromatic rings. The van der Waals surface area contributed by atoms with Gasteiger partial charge in [-0.05, 0) is 24.6 Å². The number of nitrogens with one attached hydrogen (secondary N) is 1. The van der Waals surface area contributed by atoms with Gasteiger partial charge in [-0.2, -0.15) is 4.98 Å². The quantitative estimate of drug-likeness (QED) is 0.569. The fourth-order valence-corrected chi connectivity index (χ4v) is 2.41. The molecule has 136 valence electrons. The van der Waals surface area contributed by atoms with E-state index in [1.165, 1.54) is 6.20 Å². The Bertz CT molecular complexity index is 1060. The van der Waals surface area contributed by atoms with Crippen molar-refractivity contribution in [3.05, 3.63) is 48.3 Å². The molecule has 0 fully saturated rings. The lowest BCUT2D eigenvalue weighted by Crippen LogP contribution is -2.22. The van der Waals surface area contributed by atoms with Gasteiger partial charge in [0.15, 0.2) is 0 Å². The van der Waals surface area contributed by atoms with Gasteiger partial charge in [-0.15, -0.1) is 0 Å². The second-order valence-electron chi connectivity index (χ2n) is 5.61. The molecule has 0 aliphatic heterocycles. The van der Waals surface area contributed by atoms with Crippen LogP contribution in [0.15, 0.2) is 47.7 Å². The SMILES string of the molecule is CC/C(=N\c1ncc(C(N)=O)c(Nc2ccc3cccnc3c2)n1)C(N)=O. The Morgan fingerprint density at radius 1 is 1.19 bits per heavy atom. The van der Waals surface area contributed by atoms with Crippen molar-refractivity contribution in [3.63, 3.8) is 0 Å². The van der Waals surface area contributed by atoms with E-state index in [-0.39, 0.29) is 23.0 Å². The fourth-order valence-electron chi connectivity index (χ4n) is 2.41. The van der Waals surface area contributed by atoms with Crippen molar-refractivity contribution in [1.82, 2.24) is 15.0 Å². The molecule has 9 heteroatoms. The summed E-state index contributed by atoms with van der Waals surface area (Å²) < 4.78 is 0. The predicted octanol–water partition coefficient (Wildman–Crippen LogP) is 1.84. The van der Waals surface area contributed by atoms with Crippen molar-refractivity contribution in [1.29, 1.82) is 0 Å². The lowest BCUT2D eigenvalue weighted by atomic mass is 10.2. The van der Waals surface area contributed by atoms with Crippen molar-refractivity contribution in [2.45, 2.75) is 13.3 Å². The van der Waals surface area contributed by atoms with E-state index in [0.29, 0.717) is 12.1 Å². The van der Waals surface area contributed by atoms with Crippen LogP contribution in [0.4, 0.5) is 17.5 Å². The molecule has 2 heterocycles. The van der Waals surface area contributed by atoms with Gasteiger partial charge in [0.25, 0.3) is 17.8 Å². The standard InChI is InChI=1S/C18H17N7O2/c1-2-13(16(20)27)24-18-22-9-12(15(19)26)17(25-18)23-11-6-5-10-4-3-7-21-14(10)8-11/h3-9H,2H2,1H3,(H2,19,26)(H2,20,27)(H,22,23,25)/b24-13+. The summed E-state index contributed by atoms with van der Waals surface area (Å²) in [6, 6.07) is 9.30. The second kappa shape index (κ2) is 7.56. The molecule has 0 aliphatic rings. The summed E-state index contributed by atoms with van der Waals surface area (Å²) in [5, 5.41) is 4.00. The van der Waals surface area contributed by atoms with Crippen molar-refractivity contribution in [2.24, 2.45) is 16.5 Å². The number of benzene rings is 1. The van der Waals surface area contributed by atoms with Crippen LogP contribution in [0.2, 0.25) is 0 Å². The highest BCUT2D eigenvalue weighted by Crippen LogP contribution is 2.23. The van der Waals surface area contributed by atoms with Gasteiger partial charge < -0.3 is 16.8 Å². The number of nitrogens with zero attached hydrogens (tertiary/aromatic N) is 4. The van der Waals surface area contributed by atoms with E-state index < -0.39 is 11.8 Å². The molecule has 0 spiro atoms. The molecule has 0 saturated heterocycles. The lowest BCUT2D eigenvalue weighted by Gasteiger charge is -2.10. The Morgan fingerprint density at radius 2 is 2.00 bits per heavy atom. The van der Waals surface area contributed by atoms with Crippen LogP contribution in [0.25, 0.3) is 10.9 Å². The van der Waals surface area contributed by atoms with Crippen molar-refractivity contribution < 1.29 is 9.59 Å². The Morgan fingerprint density at radius 3 is 2.70 bits per heavy atom. The van der Waals surface area contributed by atoms with Gasteiger partial charge in [-0.1, -0.05) is 19.1 Å². The largest absolute Gasteiger partial charge is 0.365 e. The molecule has 0 aliphatic carbocycles. The molecule has 0 bridgehead atoms. The van der Waals surface area contributed by atoms with Gasteiger partial charge in [-0.25, -0.2) is 9.98 Å². The van der Waals surface area contributed by atoms with E-state index in [0.717, 1.165) is 10.9 Å². The minimum Gasteiger partial charge on any atom is -0.365 e. The molecular weight excluding hydrogens is 346 g/mol. The number of fused-ring (bicyclic) bond motifs is 1. The Hall–Kier alpha value is -3.88. The average molecular weight is 363 g/mol. The molecule has 2 aromatic heterocycles. The highest BCUT2D eigenvalue weighted by molar-refractivity contribution is 6.38. The van der Waals surface area contributed by atoms with E-state index in [1.807, 2.05) is 30.3 Å². The van der Waals surface area contributed by atoms with Crippen LogP contribution < -0.4 is 16.8 Å². The highest BCUT2D eigenvalue weighted by atomic mass is 16.1. The molecule has 3 rings (SSSR count). The summed E-state index contributed by atoms with van der Waals surface area (Å²) in [5.74, 6) is -1.18. The normalized spacial score (nSPS) is 11.4. The summed E-state index contributed by atoms with van der Waals surface area (Å²) in [6.07, 6.45) is 3.27. The number of pyridine rings is 1. The van der Waals surface area contributed by atoms with Gasteiger partial charge in [0.05, 0.1) is 5.52 Å². The third-order valence-electron chi connectivity index (χ3n) is 3.76. The fraction of sp³-hybridized carbons (Fsp3) is 0.111. The summed E-state index contributed by atoms with van der Waals surface area (Å²) in [4.78, 5) is 39.6. The number of hydrogen-bond acceptors (Lipinski definition) is 7. The summed E-state index contributed by atoms with van der Waals surface area (Å²) in [7, 11) is 0. The second-order valence-corrected chi connectivity index (χ2v) is 5.61. The van der Waals surface area contributed by atoms with Crippen LogP contribution in [0, 0.1) is 0 Å². The van der Waals surface area contributed by atoms with Crippen LogP contribution >= 0.6 is 0 Å². The van der Waals surface area contributed by atoms with Crippen LogP contribution in [0.3, 0.4) is 0 Å². The van der Waals surface area contributed by atoms with Crippen LogP contribution in [0.1, 0.15) is 23.7 Å². The van der Waals surface area contributed by atoms with E-state index in [9.17, 15) is 9.59 Å². The van der Waals surface area contributed by atoms with E-state index in [1.54, 1.807) is 13.1 Å². The van der Waals surface area contributed by atoms with E-state index >= 15 is 0 Å². The Labute approximate surface area is 154 Å². The first-order valence-corrected chi connectivity index (χ1v) is 8.14. The minimum absolute atomic E-state index is 0.00272. The van der Waals surface area contributed by atoms with E-state index in [4.69, 9.17) is 11.5 Å². The monoisotopic (exact) mass is 363 g/mol. The molecular formula is C18H17N7O2. The zero-order valence-corrected chi connectivity index (χ0v) is 14.5. The van der Waals surface area contributed by atoms with Crippen molar-refractivity contribution >= 4 is 45.9 Å². The number of rotatable bonds is 6. The van der Waals surface area contributed by atoms with Gasteiger partial charge >= 0.3 is 0 Å². The van der Waals surface area contributed by atoms with Crippen LogP contribution in [0.5, 0.6) is 0 Å². The number of nitrogens with two attached hydrogens (primary N) is 2. The zero-order valence-electron chi connectivity index (χ0n) is 14.5. The summed E-state index contributed by atoms with van der Waals surface area (Å²) >= 11 is 0. The van der Waals surface area contributed by atoms with Crippen LogP contribution in [-0.2, 0) is 4.79 Å². The first kappa shape index (κ1) is 17.9. The summed E-state index contributed by atoms with van der Waals surface area (Å²) in [6.45, 7) is 1.74. The number of carbonyl (C=O) groups excluding carboxylic acids is 2. The van der Waals surface area contributed by atoms with Crippen molar-refractivity contribution in [3.8, 4) is 0 Å². The number of amides is 2. The Kier molecular flexibility index (Phi) is 5.02. The first-order chi connectivity index (χ1) is 13.0. The zero-order chi connectivity index (χ0) is 19.4. The lowest BCUT2D eigenvalue weighted by molar-refractivity contribution is -0.112. The Balaban J connectivity index is 2.02. The van der Waals surface area contributed by atoms with Gasteiger partial charge in [0, 0.05) is 23.5 Å². The molecule has 5 N–H and O–H groups in total. The minimum atomic E-state index is -0.697. The predicted molar refractivity (Wildman–Crippen MR) is 102 cm³/mol. The van der Waals surface area contributed by atoms with Crippen LogP contribution in [-0.4, -0.2) is 32.5 Å². The maximum Gasteiger partial charge on any atom is 0.263 e. The highest BCUT2D eigenvalue weighted by Gasteiger charge is 2.14. The third-order valence-corrected chi connectivity index (χ3v) is 3.76. The molecule has 0 radical (unpaired) electrons. The molecule has 0 atom stereocenters. The molecule has 27 heavy (non-hydrogen) atoms. The van der Waals surface area contributed by atoms with Gasteiger partial charge in [0.1, 0.15) is 17.1 Å². The number of aromatic nitrogens is 3. The molecule has 9 nitrogen and oxygen atoms in total. The van der Waals surface area contributed by atoms with Crippen molar-refractivity contribution in [2.75, 3.05) is 5.32 Å². The average Bonchev–Trinajstić information content (AvgIpc) is 2.65. The maximum absolute atomic E-state index is 11.7.